The third-order valence-electron chi connectivity index (χ3n) is 3.13. The molecule has 0 atom stereocenters. The average molecular weight is 289 g/mol. The summed E-state index contributed by atoms with van der Waals surface area (Å²) in [5, 5.41) is 0.814. The molecule has 0 unspecified atom stereocenters. The Morgan fingerprint density at radius 2 is 1.83 bits per heavy atom. The molecule has 3 nitrogen and oxygen atoms in total. The van der Waals surface area contributed by atoms with Crippen LogP contribution in [0.2, 0.25) is 5.02 Å². The number of carbonyl (C=O) groups is 1. The molecule has 0 spiro atoms. The van der Waals surface area contributed by atoms with Gasteiger partial charge >= 0.3 is 0 Å². The van der Waals surface area contributed by atoms with Crippen LogP contribution in [0.25, 0.3) is 0 Å². The van der Waals surface area contributed by atoms with Crippen LogP contribution in [0, 0.1) is 0 Å². The summed E-state index contributed by atoms with van der Waals surface area (Å²) in [4.78, 5) is 14.9. The Morgan fingerprint density at radius 3 is 2.44 bits per heavy atom. The van der Waals surface area contributed by atoms with Gasteiger partial charge in [-0.3, -0.25) is 4.90 Å². The molecule has 1 aromatic rings. The minimum atomic E-state index is 0. The first-order valence-corrected chi connectivity index (χ1v) is 6.34. The van der Waals surface area contributed by atoms with Crippen molar-refractivity contribution in [1.82, 2.24) is 4.90 Å². The lowest BCUT2D eigenvalue weighted by molar-refractivity contribution is -0.108. The summed E-state index contributed by atoms with van der Waals surface area (Å²) in [5.74, 6) is 0. The SMILES string of the molecule is Cl.O=CCCN1CCN(c2ccccc2Cl)CC1. The number of halogens is 2. The second-order valence-electron chi connectivity index (χ2n) is 4.24. The van der Waals surface area contributed by atoms with E-state index in [1.165, 1.54) is 0 Å². The number of rotatable bonds is 4. The standard InChI is InChI=1S/C13H17ClN2O.ClH/c14-12-4-1-2-5-13(12)16-9-7-15(8-10-16)6-3-11-17;/h1-2,4-5,11H,3,6-10H2;1H. The minimum Gasteiger partial charge on any atom is -0.368 e. The lowest BCUT2D eigenvalue weighted by Crippen LogP contribution is -2.46. The van der Waals surface area contributed by atoms with Gasteiger partial charge in [0.2, 0.25) is 0 Å². The summed E-state index contributed by atoms with van der Waals surface area (Å²) in [6.45, 7) is 4.82. The number of carbonyl (C=O) groups excluding carboxylic acids is 1. The van der Waals surface area contributed by atoms with Crippen molar-refractivity contribution in [1.29, 1.82) is 0 Å². The number of aldehydes is 1. The summed E-state index contributed by atoms with van der Waals surface area (Å²) in [7, 11) is 0. The summed E-state index contributed by atoms with van der Waals surface area (Å²) >= 11 is 6.18. The Labute approximate surface area is 119 Å². The van der Waals surface area contributed by atoms with E-state index in [0.29, 0.717) is 6.42 Å². The Bertz CT molecular complexity index is 379. The molecule has 1 aromatic carbocycles. The van der Waals surface area contributed by atoms with E-state index in [1.807, 2.05) is 18.2 Å². The lowest BCUT2D eigenvalue weighted by Gasteiger charge is -2.36. The van der Waals surface area contributed by atoms with Crippen molar-refractivity contribution in [2.24, 2.45) is 0 Å². The maximum absolute atomic E-state index is 10.3. The molecule has 0 N–H and O–H groups in total. The van der Waals surface area contributed by atoms with E-state index in [4.69, 9.17) is 11.6 Å². The van der Waals surface area contributed by atoms with Gasteiger partial charge in [0.05, 0.1) is 10.7 Å². The van der Waals surface area contributed by atoms with Gasteiger partial charge in [-0.15, -0.1) is 12.4 Å². The van der Waals surface area contributed by atoms with Crippen molar-refractivity contribution in [3.05, 3.63) is 29.3 Å². The second-order valence-corrected chi connectivity index (χ2v) is 4.64. The molecule has 0 saturated carbocycles. The predicted molar refractivity (Wildman–Crippen MR) is 78.0 cm³/mol. The number of benzene rings is 1. The Morgan fingerprint density at radius 1 is 1.17 bits per heavy atom. The van der Waals surface area contributed by atoms with Crippen LogP contribution in [0.4, 0.5) is 5.69 Å². The van der Waals surface area contributed by atoms with Crippen LogP contribution in [0.1, 0.15) is 6.42 Å². The smallest absolute Gasteiger partial charge is 0.121 e. The maximum Gasteiger partial charge on any atom is 0.121 e. The van der Waals surface area contributed by atoms with Gasteiger partial charge in [0.1, 0.15) is 6.29 Å². The van der Waals surface area contributed by atoms with E-state index in [2.05, 4.69) is 15.9 Å². The van der Waals surface area contributed by atoms with E-state index < -0.39 is 0 Å². The molecule has 1 fully saturated rings. The molecule has 1 heterocycles. The van der Waals surface area contributed by atoms with Gasteiger partial charge in [-0.1, -0.05) is 23.7 Å². The Hall–Kier alpha value is -0.770. The van der Waals surface area contributed by atoms with Crippen molar-refractivity contribution in [2.45, 2.75) is 6.42 Å². The summed E-state index contributed by atoms with van der Waals surface area (Å²) in [5.41, 5.74) is 1.12. The van der Waals surface area contributed by atoms with Gasteiger partial charge in [-0.2, -0.15) is 0 Å². The number of hydrogen-bond donors (Lipinski definition) is 0. The van der Waals surface area contributed by atoms with Crippen LogP contribution in [0.15, 0.2) is 24.3 Å². The summed E-state index contributed by atoms with van der Waals surface area (Å²) < 4.78 is 0. The molecule has 2 rings (SSSR count). The summed E-state index contributed by atoms with van der Waals surface area (Å²) in [6, 6.07) is 7.95. The third-order valence-corrected chi connectivity index (χ3v) is 3.45. The molecule has 1 saturated heterocycles. The quantitative estimate of drug-likeness (QED) is 0.796. The fraction of sp³-hybridized carbons (Fsp3) is 0.462. The number of para-hydroxylation sites is 1. The fourth-order valence-electron chi connectivity index (χ4n) is 2.16. The highest BCUT2D eigenvalue weighted by Crippen LogP contribution is 2.25. The topological polar surface area (TPSA) is 23.6 Å². The molecule has 0 aliphatic carbocycles. The van der Waals surface area contributed by atoms with E-state index in [0.717, 1.165) is 49.7 Å². The van der Waals surface area contributed by atoms with Crippen LogP contribution < -0.4 is 4.90 Å². The fourth-order valence-corrected chi connectivity index (χ4v) is 2.41. The van der Waals surface area contributed by atoms with Gasteiger partial charge in [0, 0.05) is 39.1 Å². The first-order valence-electron chi connectivity index (χ1n) is 5.97. The van der Waals surface area contributed by atoms with Gasteiger partial charge in [0.15, 0.2) is 0 Å². The third kappa shape index (κ3) is 3.87. The predicted octanol–water partition coefficient (Wildman–Crippen LogP) is 2.47. The largest absolute Gasteiger partial charge is 0.368 e. The van der Waals surface area contributed by atoms with Crippen LogP contribution in [-0.4, -0.2) is 43.9 Å². The Kier molecular flexibility index (Phi) is 6.47. The van der Waals surface area contributed by atoms with Crippen LogP contribution in [-0.2, 0) is 4.79 Å². The van der Waals surface area contributed by atoms with Crippen LogP contribution in [0.5, 0.6) is 0 Å². The first kappa shape index (κ1) is 15.3. The molecule has 0 aromatic heterocycles. The van der Waals surface area contributed by atoms with Crippen LogP contribution >= 0.6 is 24.0 Å². The minimum absolute atomic E-state index is 0. The number of anilines is 1. The van der Waals surface area contributed by atoms with Crippen molar-refractivity contribution < 1.29 is 4.79 Å². The van der Waals surface area contributed by atoms with Gasteiger partial charge in [-0.25, -0.2) is 0 Å². The molecule has 0 bridgehead atoms. The number of nitrogens with zero attached hydrogens (tertiary/aromatic N) is 2. The zero-order chi connectivity index (χ0) is 12.1. The molecule has 0 amide bonds. The molecule has 0 radical (unpaired) electrons. The molecule has 5 heteroatoms. The van der Waals surface area contributed by atoms with E-state index in [1.54, 1.807) is 0 Å². The van der Waals surface area contributed by atoms with E-state index in [9.17, 15) is 4.79 Å². The van der Waals surface area contributed by atoms with Crippen molar-refractivity contribution in [3.63, 3.8) is 0 Å². The van der Waals surface area contributed by atoms with E-state index in [-0.39, 0.29) is 12.4 Å². The highest BCUT2D eigenvalue weighted by molar-refractivity contribution is 6.33. The summed E-state index contributed by atoms with van der Waals surface area (Å²) in [6.07, 6.45) is 1.62. The van der Waals surface area contributed by atoms with Crippen molar-refractivity contribution in [2.75, 3.05) is 37.6 Å². The Balaban J connectivity index is 0.00000162. The molecule has 1 aliphatic rings. The second kappa shape index (κ2) is 7.62. The zero-order valence-corrected chi connectivity index (χ0v) is 11.8. The normalized spacial score (nSPS) is 16.2. The van der Waals surface area contributed by atoms with E-state index >= 15 is 0 Å². The molecular formula is C13H18Cl2N2O. The molecule has 18 heavy (non-hydrogen) atoms. The number of piperazine rings is 1. The van der Waals surface area contributed by atoms with Gasteiger partial charge in [-0.05, 0) is 12.1 Å². The van der Waals surface area contributed by atoms with Gasteiger partial charge < -0.3 is 9.69 Å². The van der Waals surface area contributed by atoms with Gasteiger partial charge in [0.25, 0.3) is 0 Å². The average Bonchev–Trinajstić information content (AvgIpc) is 2.38. The lowest BCUT2D eigenvalue weighted by atomic mass is 10.2. The van der Waals surface area contributed by atoms with Crippen molar-refractivity contribution >= 4 is 36.0 Å². The number of hydrogen-bond acceptors (Lipinski definition) is 3. The molecule has 1 aliphatic heterocycles. The first-order chi connectivity index (χ1) is 8.31. The zero-order valence-electron chi connectivity index (χ0n) is 10.2. The molecule has 100 valence electrons. The monoisotopic (exact) mass is 288 g/mol. The highest BCUT2D eigenvalue weighted by atomic mass is 35.5. The maximum atomic E-state index is 10.3. The van der Waals surface area contributed by atoms with Crippen molar-refractivity contribution in [3.8, 4) is 0 Å². The molecular weight excluding hydrogens is 271 g/mol. The highest BCUT2D eigenvalue weighted by Gasteiger charge is 2.17. The van der Waals surface area contributed by atoms with Crippen LogP contribution in [0.3, 0.4) is 0 Å².